The van der Waals surface area contributed by atoms with E-state index in [4.69, 9.17) is 5.11 Å². The zero-order valence-corrected chi connectivity index (χ0v) is 10.8. The van der Waals surface area contributed by atoms with Crippen LogP contribution in [-0.4, -0.2) is 27.0 Å². The van der Waals surface area contributed by atoms with Crippen molar-refractivity contribution in [3.8, 4) is 0 Å². The third kappa shape index (κ3) is 2.34. The van der Waals surface area contributed by atoms with Gasteiger partial charge in [-0.25, -0.2) is 4.79 Å². The van der Waals surface area contributed by atoms with E-state index in [0.29, 0.717) is 11.1 Å². The van der Waals surface area contributed by atoms with Gasteiger partial charge in [0.25, 0.3) is 5.91 Å². The van der Waals surface area contributed by atoms with Gasteiger partial charge in [0.15, 0.2) is 0 Å². The predicted octanol–water partition coefficient (Wildman–Crippen LogP) is 2.51. The predicted molar refractivity (Wildman–Crippen MR) is 77.4 cm³/mol. The fraction of sp³-hybridized carbons (Fsp3) is 0. The number of H-pyrrole nitrogens is 1. The second kappa shape index (κ2) is 5.09. The molecule has 6 heteroatoms. The number of carbonyl (C=O) groups excluding carboxylic acids is 1. The number of rotatable bonds is 3. The fourth-order valence-corrected chi connectivity index (χ4v) is 2.14. The molecule has 1 amide bonds. The molecule has 3 rings (SSSR count). The average Bonchev–Trinajstić information content (AvgIpc) is 2.95. The number of nitrogens with zero attached hydrogens (tertiary/aromatic N) is 1. The van der Waals surface area contributed by atoms with E-state index in [1.807, 2.05) is 12.1 Å². The Morgan fingerprint density at radius 3 is 2.81 bits per heavy atom. The lowest BCUT2D eigenvalue weighted by Crippen LogP contribution is -2.15. The highest BCUT2D eigenvalue weighted by molar-refractivity contribution is 6.13. The van der Waals surface area contributed by atoms with Gasteiger partial charge in [0.1, 0.15) is 0 Å². The quantitative estimate of drug-likeness (QED) is 0.687. The van der Waals surface area contributed by atoms with Gasteiger partial charge >= 0.3 is 5.97 Å². The van der Waals surface area contributed by atoms with Gasteiger partial charge < -0.3 is 15.4 Å². The van der Waals surface area contributed by atoms with E-state index in [2.05, 4.69) is 15.3 Å². The molecule has 0 bridgehead atoms. The van der Waals surface area contributed by atoms with Crippen LogP contribution in [0, 0.1) is 0 Å². The van der Waals surface area contributed by atoms with Crippen LogP contribution in [0.4, 0.5) is 5.69 Å². The lowest BCUT2D eigenvalue weighted by atomic mass is 10.1. The molecule has 6 nitrogen and oxygen atoms in total. The van der Waals surface area contributed by atoms with Gasteiger partial charge in [-0.2, -0.15) is 0 Å². The first-order chi connectivity index (χ1) is 10.2. The van der Waals surface area contributed by atoms with E-state index in [9.17, 15) is 9.59 Å². The van der Waals surface area contributed by atoms with Gasteiger partial charge in [-0.3, -0.25) is 9.78 Å². The molecule has 0 atom stereocenters. The molecule has 0 fully saturated rings. The number of nitrogens with one attached hydrogen (secondary N) is 2. The molecule has 0 aliphatic heterocycles. The highest BCUT2D eigenvalue weighted by atomic mass is 16.4. The normalized spacial score (nSPS) is 10.5. The molecule has 0 saturated heterocycles. The summed E-state index contributed by atoms with van der Waals surface area (Å²) in [5.41, 5.74) is 1.31. The van der Waals surface area contributed by atoms with Crippen molar-refractivity contribution in [3.63, 3.8) is 0 Å². The van der Waals surface area contributed by atoms with Crippen LogP contribution in [0.5, 0.6) is 0 Å². The minimum absolute atomic E-state index is 0.00277. The number of aromatic nitrogens is 2. The van der Waals surface area contributed by atoms with E-state index in [-0.39, 0.29) is 11.3 Å². The smallest absolute Gasteiger partial charge is 0.337 e. The number of para-hydroxylation sites is 1. The number of carbonyl (C=O) groups is 2. The second-order valence-electron chi connectivity index (χ2n) is 4.43. The molecule has 0 unspecified atom stereocenters. The van der Waals surface area contributed by atoms with Crippen LogP contribution in [0.25, 0.3) is 10.9 Å². The summed E-state index contributed by atoms with van der Waals surface area (Å²) in [5.74, 6) is -1.51. The Labute approximate surface area is 119 Å². The summed E-state index contributed by atoms with van der Waals surface area (Å²) in [4.78, 5) is 30.3. The zero-order valence-electron chi connectivity index (χ0n) is 10.8. The molecule has 104 valence electrons. The lowest BCUT2D eigenvalue weighted by molar-refractivity contribution is 0.0698. The van der Waals surface area contributed by atoms with Gasteiger partial charge in [0.2, 0.25) is 0 Å². The van der Waals surface area contributed by atoms with Gasteiger partial charge in [0.05, 0.1) is 28.5 Å². The number of carboxylic acids is 1. The second-order valence-corrected chi connectivity index (χ2v) is 4.43. The number of benzene rings is 1. The van der Waals surface area contributed by atoms with E-state index in [0.717, 1.165) is 5.39 Å². The number of carboxylic acid groups (broad SMARTS) is 1. The maximum absolute atomic E-state index is 12.3. The number of aromatic amines is 1. The maximum atomic E-state index is 12.3. The molecule has 0 spiro atoms. The minimum Gasteiger partial charge on any atom is -0.478 e. The summed E-state index contributed by atoms with van der Waals surface area (Å²) >= 11 is 0. The maximum Gasteiger partial charge on any atom is 0.337 e. The summed E-state index contributed by atoms with van der Waals surface area (Å²) in [6.45, 7) is 0. The number of pyridine rings is 1. The summed E-state index contributed by atoms with van der Waals surface area (Å²) in [6, 6.07) is 8.53. The van der Waals surface area contributed by atoms with Crippen molar-refractivity contribution >= 4 is 28.5 Å². The third-order valence-corrected chi connectivity index (χ3v) is 3.13. The van der Waals surface area contributed by atoms with Crippen molar-refractivity contribution in [2.45, 2.75) is 0 Å². The van der Waals surface area contributed by atoms with Crippen molar-refractivity contribution in [3.05, 3.63) is 60.0 Å². The first-order valence-corrected chi connectivity index (χ1v) is 6.21. The van der Waals surface area contributed by atoms with Gasteiger partial charge in [-0.15, -0.1) is 0 Å². The summed E-state index contributed by atoms with van der Waals surface area (Å²) in [7, 11) is 0. The van der Waals surface area contributed by atoms with Crippen LogP contribution in [0.2, 0.25) is 0 Å². The molecule has 0 aliphatic rings. The summed E-state index contributed by atoms with van der Waals surface area (Å²) in [6.07, 6.45) is 4.43. The minimum atomic E-state index is -1.12. The van der Waals surface area contributed by atoms with Crippen molar-refractivity contribution < 1.29 is 14.7 Å². The van der Waals surface area contributed by atoms with Crippen molar-refractivity contribution in [1.29, 1.82) is 0 Å². The average molecular weight is 281 g/mol. The molecular formula is C15H11N3O3. The molecular weight excluding hydrogens is 270 g/mol. The Hall–Kier alpha value is -3.15. The molecule has 2 heterocycles. The lowest BCUT2D eigenvalue weighted by Gasteiger charge is -2.08. The largest absolute Gasteiger partial charge is 0.478 e. The standard InChI is InChI=1S/C15H11N3O3/c19-14(11-3-1-2-9-4-7-17-13(9)11)18-12-8-16-6-5-10(12)15(20)21/h1-8,17H,(H,18,19)(H,20,21). The van der Waals surface area contributed by atoms with Crippen molar-refractivity contribution in [2.24, 2.45) is 0 Å². The highest BCUT2D eigenvalue weighted by Gasteiger charge is 2.15. The zero-order chi connectivity index (χ0) is 14.8. The van der Waals surface area contributed by atoms with Crippen molar-refractivity contribution in [1.82, 2.24) is 9.97 Å². The first-order valence-electron chi connectivity index (χ1n) is 6.21. The Morgan fingerprint density at radius 1 is 1.14 bits per heavy atom. The molecule has 3 aromatic rings. The van der Waals surface area contributed by atoms with Crippen LogP contribution in [0.3, 0.4) is 0 Å². The number of aromatic carboxylic acids is 1. The van der Waals surface area contributed by atoms with Crippen LogP contribution >= 0.6 is 0 Å². The number of amides is 1. The van der Waals surface area contributed by atoms with E-state index in [1.54, 1.807) is 18.3 Å². The van der Waals surface area contributed by atoms with Gasteiger partial charge in [-0.05, 0) is 18.2 Å². The fourth-order valence-electron chi connectivity index (χ4n) is 2.14. The topological polar surface area (TPSA) is 95.1 Å². The van der Waals surface area contributed by atoms with Crippen LogP contribution in [-0.2, 0) is 0 Å². The van der Waals surface area contributed by atoms with Gasteiger partial charge in [-0.1, -0.05) is 12.1 Å². The van der Waals surface area contributed by atoms with Gasteiger partial charge in [0, 0.05) is 17.8 Å². The Balaban J connectivity index is 1.97. The first kappa shape index (κ1) is 12.9. The number of hydrogen-bond donors (Lipinski definition) is 3. The molecule has 2 aromatic heterocycles. The van der Waals surface area contributed by atoms with Crippen LogP contribution in [0.15, 0.2) is 48.9 Å². The molecule has 0 radical (unpaired) electrons. The van der Waals surface area contributed by atoms with Crippen LogP contribution < -0.4 is 5.32 Å². The molecule has 3 N–H and O–H groups in total. The number of fused-ring (bicyclic) bond motifs is 1. The Bertz CT molecular complexity index is 839. The Kier molecular flexibility index (Phi) is 3.12. The number of hydrogen-bond acceptors (Lipinski definition) is 3. The molecule has 21 heavy (non-hydrogen) atoms. The van der Waals surface area contributed by atoms with Crippen LogP contribution in [0.1, 0.15) is 20.7 Å². The third-order valence-electron chi connectivity index (χ3n) is 3.13. The van der Waals surface area contributed by atoms with E-state index >= 15 is 0 Å². The monoisotopic (exact) mass is 281 g/mol. The SMILES string of the molecule is O=C(O)c1ccncc1NC(=O)c1cccc2cc[nH]c12. The summed E-state index contributed by atoms with van der Waals surface area (Å²) in [5, 5.41) is 12.6. The summed E-state index contributed by atoms with van der Waals surface area (Å²) < 4.78 is 0. The van der Waals surface area contributed by atoms with E-state index < -0.39 is 11.9 Å². The number of anilines is 1. The van der Waals surface area contributed by atoms with E-state index in [1.165, 1.54) is 18.5 Å². The highest BCUT2D eigenvalue weighted by Crippen LogP contribution is 2.20. The molecule has 0 saturated carbocycles. The molecule has 0 aliphatic carbocycles. The Morgan fingerprint density at radius 2 is 2.00 bits per heavy atom. The van der Waals surface area contributed by atoms with Crippen molar-refractivity contribution in [2.75, 3.05) is 5.32 Å². The molecule has 1 aromatic carbocycles.